The van der Waals surface area contributed by atoms with Gasteiger partial charge in [-0.1, -0.05) is 65.3 Å². The molecule has 2 atom stereocenters. The maximum Gasteiger partial charge on any atom is 0.271 e. The highest BCUT2D eigenvalue weighted by Crippen LogP contribution is 2.34. The van der Waals surface area contributed by atoms with E-state index in [1.54, 1.807) is 24.3 Å². The fourth-order valence-corrected chi connectivity index (χ4v) is 5.47. The van der Waals surface area contributed by atoms with Crippen molar-refractivity contribution in [1.29, 1.82) is 0 Å². The zero-order valence-corrected chi connectivity index (χ0v) is 26.8. The van der Waals surface area contributed by atoms with Crippen LogP contribution in [0.3, 0.4) is 0 Å². The Hall–Kier alpha value is -3.97. The summed E-state index contributed by atoms with van der Waals surface area (Å²) >= 11 is 3.40. The number of methoxy groups -OCH3 is 1. The predicted octanol–water partition coefficient (Wildman–Crippen LogP) is 4.69. The first-order valence-corrected chi connectivity index (χ1v) is 16.2. The van der Waals surface area contributed by atoms with E-state index in [0.29, 0.717) is 12.0 Å². The summed E-state index contributed by atoms with van der Waals surface area (Å²) in [6.07, 6.45) is 1.73. The van der Waals surface area contributed by atoms with E-state index in [-0.39, 0.29) is 42.0 Å². The minimum atomic E-state index is -4.15. The molecule has 230 valence electrons. The van der Waals surface area contributed by atoms with E-state index < -0.39 is 33.4 Å². The van der Waals surface area contributed by atoms with Gasteiger partial charge >= 0.3 is 0 Å². The van der Waals surface area contributed by atoms with E-state index in [1.807, 2.05) is 44.2 Å². The highest BCUT2D eigenvalue weighted by molar-refractivity contribution is 9.10. The normalized spacial score (nSPS) is 12.6. The number of anilines is 1. The first-order chi connectivity index (χ1) is 20.3. The van der Waals surface area contributed by atoms with Crippen molar-refractivity contribution in [2.24, 2.45) is 0 Å². The van der Waals surface area contributed by atoms with Crippen LogP contribution in [0.4, 0.5) is 11.4 Å². The standard InChI is InChI=1S/C30H35BrN4O7S/c1-5-21(2)32-30(37)27(17-22-9-7-6-8-10-22)33(19-23-11-13-24(31)14-12-23)29(36)20-34(43(4,40)41)26-18-25(35(38)39)15-16-28(26)42-3/h6-16,18,21,27H,5,17,19-20H2,1-4H3,(H,32,37)/t21-,27-/m0/s1. The van der Waals surface area contributed by atoms with Crippen LogP contribution < -0.4 is 14.4 Å². The molecule has 11 nitrogen and oxygen atoms in total. The molecule has 0 fully saturated rings. The van der Waals surface area contributed by atoms with Gasteiger partial charge in [0.25, 0.3) is 5.69 Å². The summed E-state index contributed by atoms with van der Waals surface area (Å²) in [5, 5.41) is 14.5. The van der Waals surface area contributed by atoms with Crippen LogP contribution in [-0.4, -0.2) is 62.0 Å². The lowest BCUT2D eigenvalue weighted by molar-refractivity contribution is -0.384. The quantitative estimate of drug-likeness (QED) is 0.193. The molecule has 1 N–H and O–H groups in total. The number of benzene rings is 3. The summed E-state index contributed by atoms with van der Waals surface area (Å²) in [6, 6.07) is 18.8. The lowest BCUT2D eigenvalue weighted by Gasteiger charge is -2.34. The number of carbonyl (C=O) groups is 2. The molecule has 0 bridgehead atoms. The molecule has 0 heterocycles. The van der Waals surface area contributed by atoms with E-state index in [9.17, 15) is 28.1 Å². The molecule has 3 aromatic rings. The molecule has 0 radical (unpaired) electrons. The van der Waals surface area contributed by atoms with Gasteiger partial charge in [-0.15, -0.1) is 0 Å². The highest BCUT2D eigenvalue weighted by atomic mass is 79.9. The molecule has 0 aromatic heterocycles. The number of non-ortho nitro benzene ring substituents is 1. The van der Waals surface area contributed by atoms with Crippen molar-refractivity contribution in [1.82, 2.24) is 10.2 Å². The average Bonchev–Trinajstić information content (AvgIpc) is 2.97. The Balaban J connectivity index is 2.13. The summed E-state index contributed by atoms with van der Waals surface area (Å²) in [5.74, 6) is -1.04. The fraction of sp³-hybridized carbons (Fsp3) is 0.333. The Morgan fingerprint density at radius 1 is 1.05 bits per heavy atom. The van der Waals surface area contributed by atoms with Crippen LogP contribution in [0.15, 0.2) is 77.3 Å². The Labute approximate surface area is 260 Å². The molecular formula is C30H35BrN4O7S. The molecule has 0 aliphatic rings. The van der Waals surface area contributed by atoms with E-state index >= 15 is 0 Å². The van der Waals surface area contributed by atoms with Gasteiger partial charge < -0.3 is 15.0 Å². The number of nitro groups is 1. The van der Waals surface area contributed by atoms with E-state index in [4.69, 9.17) is 4.74 Å². The van der Waals surface area contributed by atoms with E-state index in [1.165, 1.54) is 24.1 Å². The molecule has 0 aliphatic heterocycles. The number of hydrogen-bond acceptors (Lipinski definition) is 7. The van der Waals surface area contributed by atoms with Gasteiger partial charge in [0.1, 0.15) is 24.0 Å². The van der Waals surface area contributed by atoms with Gasteiger partial charge in [0.2, 0.25) is 21.8 Å². The van der Waals surface area contributed by atoms with Crippen molar-refractivity contribution in [3.63, 3.8) is 0 Å². The van der Waals surface area contributed by atoms with Gasteiger partial charge in [-0.3, -0.25) is 24.0 Å². The number of nitrogens with zero attached hydrogens (tertiary/aromatic N) is 3. The summed E-state index contributed by atoms with van der Waals surface area (Å²) in [6.45, 7) is 3.06. The number of rotatable bonds is 14. The number of amides is 2. The van der Waals surface area contributed by atoms with Gasteiger partial charge in [0.15, 0.2) is 0 Å². The number of carbonyl (C=O) groups excluding carboxylic acids is 2. The molecule has 3 aromatic carbocycles. The molecule has 0 spiro atoms. The first kappa shape index (κ1) is 33.5. The van der Waals surface area contributed by atoms with Crippen LogP contribution in [0.25, 0.3) is 0 Å². The number of nitro benzene ring substituents is 1. The zero-order chi connectivity index (χ0) is 31.7. The first-order valence-electron chi connectivity index (χ1n) is 13.5. The lowest BCUT2D eigenvalue weighted by Crippen LogP contribution is -2.54. The van der Waals surface area contributed by atoms with E-state index in [0.717, 1.165) is 26.7 Å². The second kappa shape index (κ2) is 15.0. The average molecular weight is 676 g/mol. The lowest BCUT2D eigenvalue weighted by atomic mass is 10.0. The second-order valence-corrected chi connectivity index (χ2v) is 12.9. The van der Waals surface area contributed by atoms with Gasteiger partial charge in [0.05, 0.1) is 18.3 Å². The van der Waals surface area contributed by atoms with Crippen molar-refractivity contribution in [3.8, 4) is 5.75 Å². The summed E-state index contributed by atoms with van der Waals surface area (Å²) in [5.41, 5.74) is 0.976. The summed E-state index contributed by atoms with van der Waals surface area (Å²) in [7, 11) is -2.86. The maximum atomic E-state index is 14.2. The number of ether oxygens (including phenoxy) is 1. The molecule has 43 heavy (non-hydrogen) atoms. The Morgan fingerprint density at radius 2 is 1.70 bits per heavy atom. The maximum absolute atomic E-state index is 14.2. The number of nitrogens with one attached hydrogen (secondary N) is 1. The van der Waals surface area contributed by atoms with Crippen molar-refractivity contribution in [2.75, 3.05) is 24.2 Å². The summed E-state index contributed by atoms with van der Waals surface area (Å²) < 4.78 is 33.0. The van der Waals surface area contributed by atoms with Crippen LogP contribution in [-0.2, 0) is 32.6 Å². The summed E-state index contributed by atoms with van der Waals surface area (Å²) in [4.78, 5) is 40.1. The minimum Gasteiger partial charge on any atom is -0.495 e. The van der Waals surface area contributed by atoms with Crippen LogP contribution in [0, 0.1) is 10.1 Å². The second-order valence-electron chi connectivity index (χ2n) is 10.1. The van der Waals surface area contributed by atoms with Crippen molar-refractivity contribution in [3.05, 3.63) is 98.5 Å². The van der Waals surface area contributed by atoms with Crippen LogP contribution in [0.5, 0.6) is 5.75 Å². The largest absolute Gasteiger partial charge is 0.495 e. The molecular weight excluding hydrogens is 640 g/mol. The van der Waals surface area contributed by atoms with E-state index in [2.05, 4.69) is 21.2 Å². The highest BCUT2D eigenvalue weighted by Gasteiger charge is 2.34. The van der Waals surface area contributed by atoms with Gasteiger partial charge in [0, 0.05) is 35.6 Å². The van der Waals surface area contributed by atoms with Gasteiger partial charge in [-0.2, -0.15) is 0 Å². The Bertz CT molecular complexity index is 1540. The zero-order valence-electron chi connectivity index (χ0n) is 24.4. The number of halogens is 1. The molecule has 3 rings (SSSR count). The third-order valence-corrected chi connectivity index (χ3v) is 8.51. The van der Waals surface area contributed by atoms with Crippen molar-refractivity contribution < 1.29 is 27.7 Å². The molecule has 0 saturated carbocycles. The van der Waals surface area contributed by atoms with Crippen LogP contribution in [0.1, 0.15) is 31.4 Å². The molecule has 0 unspecified atom stereocenters. The Morgan fingerprint density at radius 3 is 2.26 bits per heavy atom. The SMILES string of the molecule is CC[C@H](C)NC(=O)[C@H](Cc1ccccc1)N(Cc1ccc(Br)cc1)C(=O)CN(c1cc([N+](=O)[O-])ccc1OC)S(C)(=O)=O. The monoisotopic (exact) mass is 674 g/mol. The smallest absolute Gasteiger partial charge is 0.271 e. The third kappa shape index (κ3) is 9.26. The van der Waals surface area contributed by atoms with Crippen LogP contribution in [0.2, 0.25) is 0 Å². The minimum absolute atomic E-state index is 0.00120. The molecule has 13 heteroatoms. The van der Waals surface area contributed by atoms with Crippen LogP contribution >= 0.6 is 15.9 Å². The predicted molar refractivity (Wildman–Crippen MR) is 168 cm³/mol. The number of sulfonamides is 1. The third-order valence-electron chi connectivity index (χ3n) is 6.86. The molecule has 0 saturated heterocycles. The topological polar surface area (TPSA) is 139 Å². The van der Waals surface area contributed by atoms with Gasteiger partial charge in [-0.05, 0) is 42.7 Å². The fourth-order valence-electron chi connectivity index (χ4n) is 4.36. The molecule has 2 amide bonds. The van der Waals surface area contributed by atoms with Gasteiger partial charge in [-0.25, -0.2) is 8.42 Å². The van der Waals surface area contributed by atoms with Crippen molar-refractivity contribution >= 4 is 49.1 Å². The molecule has 0 aliphatic carbocycles. The Kier molecular flexibility index (Phi) is 11.7. The van der Waals surface area contributed by atoms with Crippen molar-refractivity contribution in [2.45, 2.75) is 45.3 Å². The number of hydrogen-bond donors (Lipinski definition) is 1.